The Bertz CT molecular complexity index is 255. The number of rotatable bonds is 3. The van der Waals surface area contributed by atoms with Gasteiger partial charge in [-0.2, -0.15) is 0 Å². The Hall–Kier alpha value is -1.20. The zero-order valence-electron chi connectivity index (χ0n) is 6.46. The lowest BCUT2D eigenvalue weighted by Crippen LogP contribution is -1.90. The van der Waals surface area contributed by atoms with Crippen LogP contribution in [0.15, 0.2) is 16.5 Å². The second-order valence-electron chi connectivity index (χ2n) is 2.21. The normalized spacial score (nSPS) is 9.45. The third kappa shape index (κ3) is 2.48. The van der Waals surface area contributed by atoms with Crippen molar-refractivity contribution in [3.8, 4) is 12.3 Å². The summed E-state index contributed by atoms with van der Waals surface area (Å²) in [6.07, 6.45) is 4.99. The van der Waals surface area contributed by atoms with E-state index in [4.69, 9.17) is 15.6 Å². The zero-order valence-corrected chi connectivity index (χ0v) is 6.46. The van der Waals surface area contributed by atoms with Gasteiger partial charge < -0.3 is 9.15 Å². The Morgan fingerprint density at radius 1 is 1.64 bits per heavy atom. The van der Waals surface area contributed by atoms with Crippen molar-refractivity contribution in [2.75, 3.05) is 6.61 Å². The van der Waals surface area contributed by atoms with Crippen molar-refractivity contribution in [2.45, 2.75) is 13.5 Å². The molecule has 0 aliphatic carbocycles. The molecule has 1 aromatic heterocycles. The molecule has 0 atom stereocenters. The van der Waals surface area contributed by atoms with E-state index in [-0.39, 0.29) is 0 Å². The molecule has 0 N–H and O–H groups in total. The summed E-state index contributed by atoms with van der Waals surface area (Å²) in [5.41, 5.74) is 0. The van der Waals surface area contributed by atoms with E-state index in [1.165, 1.54) is 0 Å². The molecule has 11 heavy (non-hydrogen) atoms. The van der Waals surface area contributed by atoms with Crippen LogP contribution in [0.5, 0.6) is 0 Å². The fourth-order valence-electron chi connectivity index (χ4n) is 0.773. The molecule has 0 saturated carbocycles. The smallest absolute Gasteiger partial charge is 0.129 e. The highest BCUT2D eigenvalue weighted by molar-refractivity contribution is 5.04. The van der Waals surface area contributed by atoms with E-state index in [1.807, 2.05) is 19.1 Å². The summed E-state index contributed by atoms with van der Waals surface area (Å²) in [7, 11) is 0. The van der Waals surface area contributed by atoms with Crippen LogP contribution in [-0.4, -0.2) is 6.61 Å². The van der Waals surface area contributed by atoms with Crippen LogP contribution in [0.1, 0.15) is 11.5 Å². The Labute approximate surface area is 66.2 Å². The summed E-state index contributed by atoms with van der Waals surface area (Å²) in [6.45, 7) is 2.68. The number of terminal acetylenes is 1. The molecule has 0 aliphatic rings. The van der Waals surface area contributed by atoms with Crippen molar-refractivity contribution in [3.63, 3.8) is 0 Å². The quantitative estimate of drug-likeness (QED) is 0.483. The Kier molecular flexibility index (Phi) is 2.76. The third-order valence-electron chi connectivity index (χ3n) is 1.23. The molecule has 1 heterocycles. The molecule has 2 heteroatoms. The first-order valence-electron chi connectivity index (χ1n) is 3.39. The van der Waals surface area contributed by atoms with Gasteiger partial charge in [0.25, 0.3) is 0 Å². The first-order chi connectivity index (χ1) is 5.33. The maximum absolute atomic E-state index is 5.24. The van der Waals surface area contributed by atoms with Crippen molar-refractivity contribution >= 4 is 0 Å². The first-order valence-corrected chi connectivity index (χ1v) is 3.39. The van der Waals surface area contributed by atoms with Gasteiger partial charge in [-0.25, -0.2) is 0 Å². The van der Waals surface area contributed by atoms with E-state index in [2.05, 4.69) is 5.92 Å². The summed E-state index contributed by atoms with van der Waals surface area (Å²) in [5.74, 6) is 4.09. The molecule has 1 rings (SSSR count). The van der Waals surface area contributed by atoms with Gasteiger partial charge in [0.1, 0.15) is 24.7 Å². The first kappa shape index (κ1) is 7.90. The van der Waals surface area contributed by atoms with Gasteiger partial charge in [0, 0.05) is 0 Å². The minimum absolute atomic E-state index is 0.333. The number of hydrogen-bond acceptors (Lipinski definition) is 2. The summed E-state index contributed by atoms with van der Waals surface area (Å²) >= 11 is 0. The molecule has 0 spiro atoms. The van der Waals surface area contributed by atoms with E-state index in [1.54, 1.807) is 0 Å². The standard InChI is InChI=1S/C9H10O2/c1-3-6-10-7-9-5-4-8(2)11-9/h1,4-5H,6-7H2,2H3. The third-order valence-corrected chi connectivity index (χ3v) is 1.23. The van der Waals surface area contributed by atoms with E-state index >= 15 is 0 Å². The van der Waals surface area contributed by atoms with Crippen LogP contribution in [0.3, 0.4) is 0 Å². The molecule has 0 aromatic carbocycles. The van der Waals surface area contributed by atoms with Crippen LogP contribution in [0.4, 0.5) is 0 Å². The minimum atomic E-state index is 0.333. The molecule has 0 amide bonds. The summed E-state index contributed by atoms with van der Waals surface area (Å²) in [6, 6.07) is 3.78. The summed E-state index contributed by atoms with van der Waals surface area (Å²) in [4.78, 5) is 0. The Balaban J connectivity index is 2.34. The highest BCUT2D eigenvalue weighted by atomic mass is 16.5. The molecule has 2 nitrogen and oxygen atoms in total. The molecule has 0 unspecified atom stereocenters. The van der Waals surface area contributed by atoms with Crippen molar-refractivity contribution < 1.29 is 9.15 Å². The lowest BCUT2D eigenvalue weighted by molar-refractivity contribution is 0.135. The monoisotopic (exact) mass is 150 g/mol. The Morgan fingerprint density at radius 3 is 3.00 bits per heavy atom. The highest BCUT2D eigenvalue weighted by Crippen LogP contribution is 2.06. The van der Waals surface area contributed by atoms with E-state index in [0.29, 0.717) is 13.2 Å². The van der Waals surface area contributed by atoms with Crippen molar-refractivity contribution in [2.24, 2.45) is 0 Å². The van der Waals surface area contributed by atoms with E-state index < -0.39 is 0 Å². The van der Waals surface area contributed by atoms with E-state index in [9.17, 15) is 0 Å². The Morgan fingerprint density at radius 2 is 2.45 bits per heavy atom. The predicted molar refractivity (Wildman–Crippen MR) is 41.9 cm³/mol. The molecule has 0 saturated heterocycles. The van der Waals surface area contributed by atoms with E-state index in [0.717, 1.165) is 11.5 Å². The molecule has 0 aliphatic heterocycles. The van der Waals surface area contributed by atoms with Gasteiger partial charge in [-0.1, -0.05) is 5.92 Å². The van der Waals surface area contributed by atoms with Gasteiger partial charge in [0.2, 0.25) is 0 Å². The topological polar surface area (TPSA) is 22.4 Å². The van der Waals surface area contributed by atoms with Crippen LogP contribution < -0.4 is 0 Å². The fraction of sp³-hybridized carbons (Fsp3) is 0.333. The van der Waals surface area contributed by atoms with Crippen molar-refractivity contribution in [3.05, 3.63) is 23.7 Å². The van der Waals surface area contributed by atoms with Crippen molar-refractivity contribution in [1.82, 2.24) is 0 Å². The van der Waals surface area contributed by atoms with Crippen LogP contribution in [0.2, 0.25) is 0 Å². The predicted octanol–water partition coefficient (Wildman–Crippen LogP) is 1.74. The highest BCUT2D eigenvalue weighted by Gasteiger charge is 1.96. The van der Waals surface area contributed by atoms with Crippen LogP contribution in [-0.2, 0) is 11.3 Å². The average molecular weight is 150 g/mol. The molecule has 0 fully saturated rings. The fourth-order valence-corrected chi connectivity index (χ4v) is 0.773. The lowest BCUT2D eigenvalue weighted by atomic mass is 10.4. The number of hydrogen-bond donors (Lipinski definition) is 0. The number of furan rings is 1. The zero-order chi connectivity index (χ0) is 8.10. The molecule has 0 bridgehead atoms. The number of aryl methyl sites for hydroxylation is 1. The number of ether oxygens (including phenoxy) is 1. The second-order valence-corrected chi connectivity index (χ2v) is 2.21. The van der Waals surface area contributed by atoms with Crippen LogP contribution in [0.25, 0.3) is 0 Å². The van der Waals surface area contributed by atoms with Gasteiger partial charge in [0.15, 0.2) is 0 Å². The average Bonchev–Trinajstić information content (AvgIpc) is 2.37. The van der Waals surface area contributed by atoms with Crippen LogP contribution >= 0.6 is 0 Å². The van der Waals surface area contributed by atoms with Gasteiger partial charge in [0.05, 0.1) is 0 Å². The molecular formula is C9H10O2. The largest absolute Gasteiger partial charge is 0.464 e. The summed E-state index contributed by atoms with van der Waals surface area (Å²) < 4.78 is 10.3. The van der Waals surface area contributed by atoms with Gasteiger partial charge in [-0.05, 0) is 19.1 Å². The molecule has 1 aromatic rings. The SMILES string of the molecule is C#CCOCc1ccc(C)o1. The maximum Gasteiger partial charge on any atom is 0.129 e. The van der Waals surface area contributed by atoms with Gasteiger partial charge in [-0.3, -0.25) is 0 Å². The minimum Gasteiger partial charge on any atom is -0.464 e. The second kappa shape index (κ2) is 3.85. The lowest BCUT2D eigenvalue weighted by Gasteiger charge is -1.94. The molecular weight excluding hydrogens is 140 g/mol. The van der Waals surface area contributed by atoms with Crippen LogP contribution in [0, 0.1) is 19.3 Å². The maximum atomic E-state index is 5.24. The molecule has 0 radical (unpaired) electrons. The summed E-state index contributed by atoms with van der Waals surface area (Å²) in [5, 5.41) is 0. The molecule has 58 valence electrons. The van der Waals surface area contributed by atoms with Crippen molar-refractivity contribution in [1.29, 1.82) is 0 Å². The van der Waals surface area contributed by atoms with Gasteiger partial charge >= 0.3 is 0 Å². The van der Waals surface area contributed by atoms with Gasteiger partial charge in [-0.15, -0.1) is 6.42 Å².